The zero-order chi connectivity index (χ0) is 17.2. The van der Waals surface area contributed by atoms with Gasteiger partial charge in [-0.05, 0) is 42.0 Å². The highest BCUT2D eigenvalue weighted by molar-refractivity contribution is 7.89. The van der Waals surface area contributed by atoms with Gasteiger partial charge in [0.05, 0.1) is 17.0 Å². The van der Waals surface area contributed by atoms with E-state index in [1.165, 1.54) is 17.0 Å². The highest BCUT2D eigenvalue weighted by Gasteiger charge is 2.11. The predicted octanol–water partition coefficient (Wildman–Crippen LogP) is 2.05. The number of carbonyl (C=O) groups is 1. The van der Waals surface area contributed by atoms with Crippen LogP contribution in [0.2, 0.25) is 0 Å². The van der Waals surface area contributed by atoms with Crippen molar-refractivity contribution in [1.29, 1.82) is 0 Å². The summed E-state index contributed by atoms with van der Waals surface area (Å²) in [6.45, 7) is 0.329. The fraction of sp³-hybridized carbons (Fsp3) is 0.0588. The average molecular weight is 341 g/mol. The molecule has 0 fully saturated rings. The molecule has 3 rings (SSSR count). The average Bonchev–Trinajstić information content (AvgIpc) is 2.59. The third kappa shape index (κ3) is 3.42. The van der Waals surface area contributed by atoms with Crippen LogP contribution < -0.4 is 10.0 Å². The number of primary sulfonamides is 1. The summed E-state index contributed by atoms with van der Waals surface area (Å²) in [6.07, 6.45) is 2.42. The second-order valence-corrected chi connectivity index (χ2v) is 6.87. The molecule has 7 heteroatoms. The highest BCUT2D eigenvalue weighted by atomic mass is 32.2. The van der Waals surface area contributed by atoms with Crippen LogP contribution >= 0.6 is 0 Å². The third-order valence-electron chi connectivity index (χ3n) is 3.62. The van der Waals surface area contributed by atoms with Crippen molar-refractivity contribution in [1.82, 2.24) is 4.98 Å². The standard InChI is InChI=1S/C17H15N3O3S/c18-24(22,23)16-7-5-15(6-8-16)20(12-21)11-13-9-14-3-1-2-4-17(14)19-10-13/h1-10,12H,11H2,(H2,18,22,23). The lowest BCUT2D eigenvalue weighted by Gasteiger charge is -2.18. The molecule has 0 aliphatic heterocycles. The Morgan fingerprint density at radius 2 is 1.79 bits per heavy atom. The fourth-order valence-electron chi connectivity index (χ4n) is 2.42. The van der Waals surface area contributed by atoms with Gasteiger partial charge in [0.15, 0.2) is 0 Å². The number of hydrogen-bond acceptors (Lipinski definition) is 4. The van der Waals surface area contributed by atoms with Crippen molar-refractivity contribution in [2.75, 3.05) is 4.90 Å². The molecule has 0 saturated heterocycles. The van der Waals surface area contributed by atoms with Crippen LogP contribution in [0.1, 0.15) is 5.56 Å². The van der Waals surface area contributed by atoms with E-state index in [9.17, 15) is 13.2 Å². The number of sulfonamides is 1. The first-order chi connectivity index (χ1) is 11.5. The Labute approximate surface area is 139 Å². The van der Waals surface area contributed by atoms with Crippen LogP contribution in [0.15, 0.2) is 65.7 Å². The quantitative estimate of drug-likeness (QED) is 0.719. The molecule has 0 unspecified atom stereocenters. The largest absolute Gasteiger partial charge is 0.311 e. The van der Waals surface area contributed by atoms with Crippen LogP contribution in [0.25, 0.3) is 10.9 Å². The first-order valence-corrected chi connectivity index (χ1v) is 8.70. The van der Waals surface area contributed by atoms with E-state index >= 15 is 0 Å². The van der Waals surface area contributed by atoms with Crippen LogP contribution in [-0.4, -0.2) is 19.8 Å². The van der Waals surface area contributed by atoms with E-state index in [1.807, 2.05) is 30.3 Å². The second kappa shape index (κ2) is 6.38. The summed E-state index contributed by atoms with van der Waals surface area (Å²) in [7, 11) is -3.75. The summed E-state index contributed by atoms with van der Waals surface area (Å²) >= 11 is 0. The van der Waals surface area contributed by atoms with E-state index in [0.717, 1.165) is 16.5 Å². The first kappa shape index (κ1) is 16.1. The molecule has 0 atom stereocenters. The van der Waals surface area contributed by atoms with Crippen LogP contribution in [0.3, 0.4) is 0 Å². The Kier molecular flexibility index (Phi) is 4.28. The Balaban J connectivity index is 1.86. The van der Waals surface area contributed by atoms with Gasteiger partial charge in [0, 0.05) is 17.3 Å². The van der Waals surface area contributed by atoms with Gasteiger partial charge in [0.25, 0.3) is 0 Å². The fourth-order valence-corrected chi connectivity index (χ4v) is 2.93. The molecule has 2 N–H and O–H groups in total. The number of aromatic nitrogens is 1. The smallest absolute Gasteiger partial charge is 0.238 e. The molecule has 24 heavy (non-hydrogen) atoms. The Hall–Kier alpha value is -2.77. The van der Waals surface area contributed by atoms with Gasteiger partial charge < -0.3 is 4.90 Å². The molecule has 0 aliphatic rings. The summed E-state index contributed by atoms with van der Waals surface area (Å²) in [5, 5.41) is 6.06. The maximum absolute atomic E-state index is 11.4. The van der Waals surface area contributed by atoms with Crippen molar-refractivity contribution in [3.05, 3.63) is 66.4 Å². The molecule has 6 nitrogen and oxygen atoms in total. The lowest BCUT2D eigenvalue weighted by molar-refractivity contribution is -0.107. The number of nitrogens with two attached hydrogens (primary N) is 1. The van der Waals surface area contributed by atoms with E-state index in [4.69, 9.17) is 5.14 Å². The zero-order valence-electron chi connectivity index (χ0n) is 12.7. The molecule has 0 aliphatic carbocycles. The zero-order valence-corrected chi connectivity index (χ0v) is 13.5. The number of para-hydroxylation sites is 1. The number of fused-ring (bicyclic) bond motifs is 1. The Morgan fingerprint density at radius 3 is 2.46 bits per heavy atom. The SMILES string of the molecule is NS(=O)(=O)c1ccc(N(C=O)Cc2cnc3ccccc3c2)cc1. The minimum absolute atomic E-state index is 0.00414. The Bertz CT molecular complexity index is 985. The molecule has 0 bridgehead atoms. The van der Waals surface area contributed by atoms with Gasteiger partial charge in [-0.3, -0.25) is 9.78 Å². The minimum Gasteiger partial charge on any atom is -0.311 e. The van der Waals surface area contributed by atoms with Crippen LogP contribution in [0.4, 0.5) is 5.69 Å². The maximum atomic E-state index is 11.4. The molecule has 0 spiro atoms. The topological polar surface area (TPSA) is 93.4 Å². The molecule has 1 aromatic heterocycles. The van der Waals surface area contributed by atoms with E-state index in [2.05, 4.69) is 4.98 Å². The number of rotatable bonds is 5. The lowest BCUT2D eigenvalue weighted by atomic mass is 10.1. The van der Waals surface area contributed by atoms with Crippen LogP contribution in [0, 0.1) is 0 Å². The third-order valence-corrected chi connectivity index (χ3v) is 4.55. The van der Waals surface area contributed by atoms with E-state index in [1.54, 1.807) is 18.3 Å². The predicted molar refractivity (Wildman–Crippen MR) is 91.8 cm³/mol. The summed E-state index contributed by atoms with van der Waals surface area (Å²) in [4.78, 5) is 17.3. The summed E-state index contributed by atoms with van der Waals surface area (Å²) < 4.78 is 22.6. The molecule has 1 heterocycles. The van der Waals surface area contributed by atoms with E-state index in [-0.39, 0.29) is 4.90 Å². The number of hydrogen-bond donors (Lipinski definition) is 1. The second-order valence-electron chi connectivity index (χ2n) is 5.31. The van der Waals surface area contributed by atoms with Gasteiger partial charge in [-0.25, -0.2) is 13.6 Å². The molecule has 0 radical (unpaired) electrons. The van der Waals surface area contributed by atoms with Crippen molar-refractivity contribution in [2.45, 2.75) is 11.4 Å². The molecule has 2 aromatic carbocycles. The van der Waals surface area contributed by atoms with Crippen molar-refractivity contribution >= 4 is 33.0 Å². The van der Waals surface area contributed by atoms with Crippen molar-refractivity contribution in [3.8, 4) is 0 Å². The summed E-state index contributed by atoms with van der Waals surface area (Å²) in [5.41, 5.74) is 2.33. The van der Waals surface area contributed by atoms with Gasteiger partial charge >= 0.3 is 0 Å². The van der Waals surface area contributed by atoms with Gasteiger partial charge in [-0.15, -0.1) is 0 Å². The van der Waals surface area contributed by atoms with E-state index in [0.29, 0.717) is 18.6 Å². The molecule has 122 valence electrons. The molecule has 3 aromatic rings. The molecular weight excluding hydrogens is 326 g/mol. The Morgan fingerprint density at radius 1 is 1.08 bits per heavy atom. The maximum Gasteiger partial charge on any atom is 0.238 e. The van der Waals surface area contributed by atoms with Crippen LogP contribution in [-0.2, 0) is 21.4 Å². The summed E-state index contributed by atoms with van der Waals surface area (Å²) in [5.74, 6) is 0. The van der Waals surface area contributed by atoms with Gasteiger partial charge in [0.2, 0.25) is 16.4 Å². The molecule has 1 amide bonds. The number of carbonyl (C=O) groups excluding carboxylic acids is 1. The monoisotopic (exact) mass is 341 g/mol. The van der Waals surface area contributed by atoms with E-state index < -0.39 is 10.0 Å². The van der Waals surface area contributed by atoms with Crippen molar-refractivity contribution in [3.63, 3.8) is 0 Å². The van der Waals surface area contributed by atoms with Gasteiger partial charge in [-0.2, -0.15) is 0 Å². The first-order valence-electron chi connectivity index (χ1n) is 7.16. The minimum atomic E-state index is -3.75. The number of amides is 1. The van der Waals surface area contributed by atoms with Crippen LogP contribution in [0.5, 0.6) is 0 Å². The normalized spacial score (nSPS) is 11.4. The lowest BCUT2D eigenvalue weighted by Crippen LogP contribution is -2.20. The summed E-state index contributed by atoms with van der Waals surface area (Å²) in [6, 6.07) is 15.5. The number of benzene rings is 2. The number of anilines is 1. The van der Waals surface area contributed by atoms with Crippen molar-refractivity contribution < 1.29 is 13.2 Å². The molecular formula is C17H15N3O3S. The molecule has 0 saturated carbocycles. The number of nitrogens with zero attached hydrogens (tertiary/aromatic N) is 2. The van der Waals surface area contributed by atoms with Gasteiger partial charge in [0.1, 0.15) is 0 Å². The van der Waals surface area contributed by atoms with Gasteiger partial charge in [-0.1, -0.05) is 18.2 Å². The van der Waals surface area contributed by atoms with Crippen molar-refractivity contribution in [2.24, 2.45) is 5.14 Å². The number of pyridine rings is 1. The highest BCUT2D eigenvalue weighted by Crippen LogP contribution is 2.20.